The molecule has 2 aliphatic heterocycles. The van der Waals surface area contributed by atoms with E-state index in [2.05, 4.69) is 49.2 Å². The summed E-state index contributed by atoms with van der Waals surface area (Å²) in [5.41, 5.74) is 12.4. The minimum atomic E-state index is -1.21. The second kappa shape index (κ2) is 14.8. The molecule has 5 rings (SSSR count). The van der Waals surface area contributed by atoms with Crippen molar-refractivity contribution in [3.05, 3.63) is 64.5 Å². The smallest absolute Gasteiger partial charge is 0.303 e. The number of hydrogen-bond donors (Lipinski definition) is 5. The molecule has 3 aromatic rings. The van der Waals surface area contributed by atoms with E-state index in [1.54, 1.807) is 0 Å². The molecule has 1 atom stereocenters. The number of morpholine rings is 1. The number of esters is 1. The van der Waals surface area contributed by atoms with E-state index in [4.69, 9.17) is 45.2 Å². The van der Waals surface area contributed by atoms with E-state index in [1.165, 1.54) is 18.1 Å². The third-order valence-corrected chi connectivity index (χ3v) is 7.75. The van der Waals surface area contributed by atoms with E-state index in [9.17, 15) is 4.79 Å². The summed E-state index contributed by atoms with van der Waals surface area (Å²) in [6.07, 6.45) is -0.339. The molecule has 2 aliphatic rings. The van der Waals surface area contributed by atoms with Crippen molar-refractivity contribution in [1.82, 2.24) is 9.97 Å². The van der Waals surface area contributed by atoms with E-state index in [-0.39, 0.29) is 12.1 Å². The molecule has 0 spiro atoms. The Hall–Kier alpha value is -3.81. The number of aryl methyl sites for hydroxylation is 2. The fourth-order valence-electron chi connectivity index (χ4n) is 5.07. The van der Waals surface area contributed by atoms with Crippen LogP contribution in [0.15, 0.2) is 36.4 Å². The van der Waals surface area contributed by atoms with Gasteiger partial charge in [0.05, 0.1) is 50.0 Å². The van der Waals surface area contributed by atoms with Gasteiger partial charge in [0.15, 0.2) is 6.10 Å². The van der Waals surface area contributed by atoms with Gasteiger partial charge in [-0.1, -0.05) is 18.2 Å². The first-order valence-corrected chi connectivity index (χ1v) is 14.6. The lowest BCUT2D eigenvalue weighted by Crippen LogP contribution is -2.50. The quantitative estimate of drug-likeness (QED) is 0.224. The number of nitrogens with two attached hydrogens (primary N) is 1. The summed E-state index contributed by atoms with van der Waals surface area (Å²) in [5.74, 6) is 1.23. The van der Waals surface area contributed by atoms with Gasteiger partial charge in [-0.05, 0) is 49.6 Å². The molecule has 0 unspecified atom stereocenters. The molecule has 238 valence electrons. The van der Waals surface area contributed by atoms with Crippen molar-refractivity contribution in [2.24, 2.45) is 5.73 Å². The number of aromatic nitrogens is 2. The number of hydrogen-bond acceptors (Lipinski definition) is 12. The third kappa shape index (κ3) is 7.82. The number of rotatable bonds is 9. The predicted molar refractivity (Wildman–Crippen MR) is 167 cm³/mol. The van der Waals surface area contributed by atoms with Gasteiger partial charge in [-0.15, -0.1) is 0 Å². The molecule has 1 fully saturated rings. The number of carbonyl (C=O) groups excluding carboxylic acids is 1. The molecule has 1 aromatic heterocycles. The van der Waals surface area contributed by atoms with Crippen molar-refractivity contribution in [3.63, 3.8) is 0 Å². The lowest BCUT2D eigenvalue weighted by atomic mass is 9.94. The highest BCUT2D eigenvalue weighted by atomic mass is 16.6. The van der Waals surface area contributed by atoms with Crippen LogP contribution in [-0.4, -0.2) is 89.5 Å². The largest absolute Gasteiger partial charge is 0.489 e. The van der Waals surface area contributed by atoms with E-state index >= 15 is 0 Å². The van der Waals surface area contributed by atoms with E-state index in [0.29, 0.717) is 26.4 Å². The van der Waals surface area contributed by atoms with Crippen LogP contribution in [0.1, 0.15) is 41.1 Å². The molecular weight excluding hydrogens is 566 g/mol. The van der Waals surface area contributed by atoms with Gasteiger partial charge >= 0.3 is 5.97 Å². The number of fused-ring (bicyclic) bond motifs is 1. The van der Waals surface area contributed by atoms with Gasteiger partial charge in [-0.25, -0.2) is 9.97 Å². The van der Waals surface area contributed by atoms with Crippen LogP contribution in [0.25, 0.3) is 11.1 Å². The number of aliphatic hydroxyl groups is 3. The standard InChI is InChI=1S/C28H32N4O4.C4H11NO3/c1-17-21(15-29-22-8-9-24-25(14-22)35-16-26(24)36-20(4)33)6-5-7-23(17)27-18(2)30-28(31-19(27)3)32-10-12-34-13-11-32;5-4(1-6,2-7)3-8/h5-9,14,26,29H,10-13,15-16H2,1-4H3;6-8H,1-3,5H2/t26-;/m1./s1. The molecule has 0 radical (unpaired) electrons. The zero-order chi connectivity index (χ0) is 31.9. The van der Waals surface area contributed by atoms with Crippen LogP contribution in [0.3, 0.4) is 0 Å². The van der Waals surface area contributed by atoms with E-state index in [0.717, 1.165) is 58.6 Å². The van der Waals surface area contributed by atoms with Crippen molar-refractivity contribution in [2.45, 2.75) is 45.9 Å². The summed E-state index contributed by atoms with van der Waals surface area (Å²) < 4.78 is 16.6. The van der Waals surface area contributed by atoms with Crippen LogP contribution in [0, 0.1) is 20.8 Å². The average molecular weight is 610 g/mol. The van der Waals surface area contributed by atoms with Crippen LogP contribution >= 0.6 is 0 Å². The lowest BCUT2D eigenvalue weighted by molar-refractivity contribution is -0.147. The van der Waals surface area contributed by atoms with Crippen LogP contribution < -0.4 is 20.7 Å². The SMILES string of the molecule is CC(=O)O[C@@H]1COc2cc(NCc3cccc(-c4c(C)nc(N5CCOCC5)nc4C)c3C)ccc21.NC(CO)(CO)CO. The molecule has 2 aromatic carbocycles. The molecule has 3 heterocycles. The van der Waals surface area contributed by atoms with Crippen LogP contribution in [0.5, 0.6) is 5.75 Å². The number of benzene rings is 2. The number of carbonyl (C=O) groups is 1. The van der Waals surface area contributed by atoms with Crippen LogP contribution in [0.2, 0.25) is 0 Å². The minimum Gasteiger partial charge on any atom is -0.489 e. The molecule has 0 saturated carbocycles. The molecule has 12 heteroatoms. The summed E-state index contributed by atoms with van der Waals surface area (Å²) in [4.78, 5) is 23.2. The Morgan fingerprint density at radius 2 is 1.73 bits per heavy atom. The van der Waals surface area contributed by atoms with Gasteiger partial charge in [-0.2, -0.15) is 0 Å². The number of ether oxygens (including phenoxy) is 3. The molecule has 1 saturated heterocycles. The maximum Gasteiger partial charge on any atom is 0.303 e. The first kappa shape index (κ1) is 33.1. The molecule has 12 nitrogen and oxygen atoms in total. The zero-order valence-corrected chi connectivity index (χ0v) is 25.8. The fraction of sp³-hybridized carbons (Fsp3) is 0.469. The second-order valence-corrected chi connectivity index (χ2v) is 11.1. The number of aliphatic hydroxyl groups excluding tert-OH is 3. The maximum atomic E-state index is 11.3. The second-order valence-electron chi connectivity index (χ2n) is 11.1. The van der Waals surface area contributed by atoms with Gasteiger partial charge in [0.2, 0.25) is 5.95 Å². The molecule has 0 amide bonds. The molecule has 44 heavy (non-hydrogen) atoms. The monoisotopic (exact) mass is 609 g/mol. The molecule has 0 aliphatic carbocycles. The van der Waals surface area contributed by atoms with Gasteiger partial charge < -0.3 is 45.5 Å². The Balaban J connectivity index is 0.000000488. The van der Waals surface area contributed by atoms with Gasteiger partial charge in [0, 0.05) is 49.4 Å². The topological polar surface area (TPSA) is 173 Å². The summed E-state index contributed by atoms with van der Waals surface area (Å²) in [7, 11) is 0. The highest BCUT2D eigenvalue weighted by molar-refractivity contribution is 5.73. The van der Waals surface area contributed by atoms with E-state index in [1.807, 2.05) is 18.2 Å². The van der Waals surface area contributed by atoms with Gasteiger partial charge in [0.25, 0.3) is 0 Å². The highest BCUT2D eigenvalue weighted by Gasteiger charge is 2.27. The summed E-state index contributed by atoms with van der Waals surface area (Å²) in [6.45, 7) is 10.5. The van der Waals surface area contributed by atoms with Gasteiger partial charge in [-0.3, -0.25) is 4.79 Å². The van der Waals surface area contributed by atoms with Crippen molar-refractivity contribution < 1.29 is 34.3 Å². The van der Waals surface area contributed by atoms with Gasteiger partial charge in [0.1, 0.15) is 12.4 Å². The lowest BCUT2D eigenvalue weighted by Gasteiger charge is -2.27. The Morgan fingerprint density at radius 3 is 2.32 bits per heavy atom. The number of nitrogens with zero attached hydrogens (tertiary/aromatic N) is 3. The number of nitrogens with one attached hydrogen (secondary N) is 1. The first-order valence-electron chi connectivity index (χ1n) is 14.6. The molecular formula is C32H43N5O7. The zero-order valence-electron chi connectivity index (χ0n) is 25.8. The van der Waals surface area contributed by atoms with Crippen molar-refractivity contribution in [1.29, 1.82) is 0 Å². The third-order valence-electron chi connectivity index (χ3n) is 7.75. The van der Waals surface area contributed by atoms with Crippen molar-refractivity contribution >= 4 is 17.6 Å². The highest BCUT2D eigenvalue weighted by Crippen LogP contribution is 2.37. The summed E-state index contributed by atoms with van der Waals surface area (Å²) in [6, 6.07) is 12.3. The maximum absolute atomic E-state index is 11.3. The fourth-order valence-corrected chi connectivity index (χ4v) is 5.07. The Bertz CT molecular complexity index is 1410. The molecule has 6 N–H and O–H groups in total. The Morgan fingerprint density at radius 1 is 1.07 bits per heavy atom. The van der Waals surface area contributed by atoms with E-state index < -0.39 is 25.4 Å². The normalized spacial score (nSPS) is 16.0. The Kier molecular flexibility index (Phi) is 11.1. The van der Waals surface area contributed by atoms with Crippen molar-refractivity contribution in [2.75, 3.05) is 62.9 Å². The first-order chi connectivity index (χ1) is 21.1. The average Bonchev–Trinajstić information content (AvgIpc) is 3.42. The van der Waals surface area contributed by atoms with Crippen LogP contribution in [-0.2, 0) is 20.8 Å². The summed E-state index contributed by atoms with van der Waals surface area (Å²) >= 11 is 0. The summed E-state index contributed by atoms with van der Waals surface area (Å²) in [5, 5.41) is 28.5. The molecule has 0 bridgehead atoms. The minimum absolute atomic E-state index is 0.305. The van der Waals surface area contributed by atoms with Crippen molar-refractivity contribution in [3.8, 4) is 16.9 Å². The Labute approximate surface area is 257 Å². The number of anilines is 2. The predicted octanol–water partition coefficient (Wildman–Crippen LogP) is 2.17. The van der Waals surface area contributed by atoms with Crippen LogP contribution in [0.4, 0.5) is 11.6 Å².